The van der Waals surface area contributed by atoms with Gasteiger partial charge in [-0.05, 0) is 85.9 Å². The zero-order valence-electron chi connectivity index (χ0n) is 25.6. The van der Waals surface area contributed by atoms with Gasteiger partial charge in [-0.25, -0.2) is 9.18 Å². The van der Waals surface area contributed by atoms with Gasteiger partial charge in [0.25, 0.3) is 0 Å². The fourth-order valence-corrected chi connectivity index (χ4v) is 6.72. The summed E-state index contributed by atoms with van der Waals surface area (Å²) in [5, 5.41) is 8.15. The SMILES string of the molecule is CC(C)CCCc1cc(Cl)c(F)c(-c2cc3cn(-c4ccc([C@@H]5CCC[C@@H](CCNC6=NCCC6)N5)cc4)c(=O)nc3[nH]2)c1. The molecule has 2 aliphatic heterocycles. The maximum Gasteiger partial charge on any atom is 0.354 e. The summed E-state index contributed by atoms with van der Waals surface area (Å²) in [5.74, 6) is 1.29. The fraction of sp³-hybridized carbons (Fsp3) is 0.457. The van der Waals surface area contributed by atoms with E-state index in [1.165, 1.54) is 18.4 Å². The lowest BCUT2D eigenvalue weighted by Gasteiger charge is -2.31. The first-order valence-corrected chi connectivity index (χ1v) is 16.5. The Kier molecular flexibility index (Phi) is 9.47. The number of benzene rings is 2. The van der Waals surface area contributed by atoms with Crippen LogP contribution in [0.1, 0.15) is 82.4 Å². The van der Waals surface area contributed by atoms with Gasteiger partial charge in [0.05, 0.1) is 22.2 Å². The van der Waals surface area contributed by atoms with Crippen LogP contribution < -0.4 is 16.3 Å². The molecule has 6 rings (SSSR count). The Balaban J connectivity index is 1.16. The number of H-pyrrole nitrogens is 1. The topological polar surface area (TPSA) is 87.1 Å². The van der Waals surface area contributed by atoms with Gasteiger partial charge in [-0.15, -0.1) is 0 Å². The summed E-state index contributed by atoms with van der Waals surface area (Å²) < 4.78 is 16.7. The quantitative estimate of drug-likeness (QED) is 0.172. The lowest BCUT2D eigenvalue weighted by atomic mass is 9.92. The van der Waals surface area contributed by atoms with Crippen LogP contribution in [0.25, 0.3) is 28.0 Å². The zero-order chi connectivity index (χ0) is 30.6. The van der Waals surface area contributed by atoms with Crippen LogP contribution in [0.3, 0.4) is 0 Å². The molecule has 0 spiro atoms. The third-order valence-corrected chi connectivity index (χ3v) is 9.16. The van der Waals surface area contributed by atoms with E-state index in [1.807, 2.05) is 24.3 Å². The lowest BCUT2D eigenvalue weighted by molar-refractivity contribution is 0.312. The van der Waals surface area contributed by atoms with Gasteiger partial charge in [0.2, 0.25) is 0 Å². The Labute approximate surface area is 263 Å². The van der Waals surface area contributed by atoms with Crippen LogP contribution in [0.5, 0.6) is 0 Å². The van der Waals surface area contributed by atoms with E-state index in [2.05, 4.69) is 51.6 Å². The van der Waals surface area contributed by atoms with Gasteiger partial charge in [0.15, 0.2) is 5.82 Å². The Bertz CT molecular complexity index is 1690. The number of nitrogens with one attached hydrogen (secondary N) is 3. The molecule has 0 bridgehead atoms. The molecule has 2 aliphatic rings. The van der Waals surface area contributed by atoms with E-state index in [9.17, 15) is 4.79 Å². The van der Waals surface area contributed by atoms with E-state index < -0.39 is 11.5 Å². The average Bonchev–Trinajstić information content (AvgIpc) is 3.68. The Hall–Kier alpha value is -3.49. The molecule has 2 atom stereocenters. The number of piperidine rings is 1. The van der Waals surface area contributed by atoms with E-state index in [0.717, 1.165) is 80.5 Å². The minimum Gasteiger partial charge on any atom is -0.374 e. The molecule has 0 aliphatic carbocycles. The van der Waals surface area contributed by atoms with E-state index >= 15 is 4.39 Å². The molecule has 0 amide bonds. The molecule has 2 aromatic carbocycles. The molecule has 44 heavy (non-hydrogen) atoms. The number of aromatic amines is 1. The zero-order valence-corrected chi connectivity index (χ0v) is 26.4. The third kappa shape index (κ3) is 7.08. The molecule has 7 nitrogen and oxygen atoms in total. The van der Waals surface area contributed by atoms with Crippen molar-refractivity contribution in [3.05, 3.63) is 81.1 Å². The lowest BCUT2D eigenvalue weighted by Crippen LogP contribution is -2.39. The summed E-state index contributed by atoms with van der Waals surface area (Å²) in [5.41, 5.74) is 3.92. The van der Waals surface area contributed by atoms with Crippen molar-refractivity contribution in [1.29, 1.82) is 0 Å². The number of hydrogen-bond acceptors (Lipinski definition) is 5. The molecule has 3 N–H and O–H groups in total. The fourth-order valence-electron chi connectivity index (χ4n) is 6.48. The van der Waals surface area contributed by atoms with Gasteiger partial charge in [-0.2, -0.15) is 4.98 Å². The normalized spacial score (nSPS) is 18.7. The van der Waals surface area contributed by atoms with Crippen molar-refractivity contribution >= 4 is 28.5 Å². The number of hydrogen-bond donors (Lipinski definition) is 3. The van der Waals surface area contributed by atoms with Crippen LogP contribution in [0.2, 0.25) is 5.02 Å². The summed E-state index contributed by atoms with van der Waals surface area (Å²) in [7, 11) is 0. The highest BCUT2D eigenvalue weighted by Gasteiger charge is 2.22. The smallest absolute Gasteiger partial charge is 0.354 e. The highest BCUT2D eigenvalue weighted by Crippen LogP contribution is 2.32. The van der Waals surface area contributed by atoms with Gasteiger partial charge in [0.1, 0.15) is 5.65 Å². The van der Waals surface area contributed by atoms with Crippen LogP contribution in [0.15, 0.2) is 58.4 Å². The molecular formula is C35H42ClFN6O. The van der Waals surface area contributed by atoms with Crippen molar-refractivity contribution in [2.45, 2.75) is 83.7 Å². The highest BCUT2D eigenvalue weighted by molar-refractivity contribution is 6.31. The van der Waals surface area contributed by atoms with Gasteiger partial charge in [-0.3, -0.25) is 9.56 Å². The van der Waals surface area contributed by atoms with E-state index in [-0.39, 0.29) is 5.02 Å². The highest BCUT2D eigenvalue weighted by atomic mass is 35.5. The predicted octanol–water partition coefficient (Wildman–Crippen LogP) is 7.51. The molecule has 0 saturated carbocycles. The van der Waals surface area contributed by atoms with Crippen molar-refractivity contribution in [1.82, 2.24) is 25.2 Å². The molecule has 1 fully saturated rings. The first-order chi connectivity index (χ1) is 21.3. The predicted molar refractivity (Wildman–Crippen MR) is 178 cm³/mol. The number of aryl methyl sites for hydroxylation is 1. The van der Waals surface area contributed by atoms with Crippen LogP contribution in [0, 0.1) is 11.7 Å². The van der Waals surface area contributed by atoms with Gasteiger partial charge < -0.3 is 15.6 Å². The molecule has 9 heteroatoms. The molecule has 1 saturated heterocycles. The number of amidine groups is 1. The summed E-state index contributed by atoms with van der Waals surface area (Å²) in [4.78, 5) is 25.0. The average molecular weight is 617 g/mol. The molecule has 0 unspecified atom stereocenters. The Morgan fingerprint density at radius 3 is 2.75 bits per heavy atom. The summed E-state index contributed by atoms with van der Waals surface area (Å²) in [6.07, 6.45) is 11.5. The third-order valence-electron chi connectivity index (χ3n) is 8.89. The molecule has 2 aromatic heterocycles. The maximum atomic E-state index is 15.2. The van der Waals surface area contributed by atoms with Crippen molar-refractivity contribution < 1.29 is 4.39 Å². The first-order valence-electron chi connectivity index (χ1n) is 16.1. The summed E-state index contributed by atoms with van der Waals surface area (Å²) >= 11 is 6.29. The van der Waals surface area contributed by atoms with Crippen molar-refractivity contribution in [2.24, 2.45) is 10.9 Å². The van der Waals surface area contributed by atoms with Gasteiger partial charge in [-0.1, -0.05) is 50.4 Å². The van der Waals surface area contributed by atoms with Gasteiger partial charge in [0, 0.05) is 48.7 Å². The van der Waals surface area contributed by atoms with Gasteiger partial charge >= 0.3 is 5.69 Å². The Morgan fingerprint density at radius 2 is 1.98 bits per heavy atom. The van der Waals surface area contributed by atoms with Crippen LogP contribution in [0.4, 0.5) is 4.39 Å². The van der Waals surface area contributed by atoms with E-state index in [4.69, 9.17) is 11.6 Å². The number of rotatable bonds is 10. The molecular weight excluding hydrogens is 575 g/mol. The largest absolute Gasteiger partial charge is 0.374 e. The molecule has 232 valence electrons. The number of aromatic nitrogens is 3. The second-order valence-electron chi connectivity index (χ2n) is 12.7. The minimum absolute atomic E-state index is 0.0998. The second kappa shape index (κ2) is 13.7. The van der Waals surface area contributed by atoms with Crippen LogP contribution in [-0.2, 0) is 6.42 Å². The molecule has 0 radical (unpaired) electrons. The minimum atomic E-state index is -0.477. The van der Waals surface area contributed by atoms with Crippen LogP contribution in [-0.4, -0.2) is 39.5 Å². The molecule has 4 heterocycles. The van der Waals surface area contributed by atoms with Crippen molar-refractivity contribution in [3.8, 4) is 16.9 Å². The monoisotopic (exact) mass is 616 g/mol. The molecule has 4 aromatic rings. The number of fused-ring (bicyclic) bond motifs is 1. The van der Waals surface area contributed by atoms with Crippen molar-refractivity contribution in [2.75, 3.05) is 13.1 Å². The van der Waals surface area contributed by atoms with Crippen LogP contribution >= 0.6 is 11.6 Å². The number of nitrogens with zero attached hydrogens (tertiary/aromatic N) is 3. The van der Waals surface area contributed by atoms with E-state index in [1.54, 1.807) is 16.8 Å². The Morgan fingerprint density at radius 1 is 1.14 bits per heavy atom. The maximum absolute atomic E-state index is 15.2. The number of halogens is 2. The summed E-state index contributed by atoms with van der Waals surface area (Å²) in [6, 6.07) is 14.3. The first kappa shape index (κ1) is 30.5. The number of aliphatic imine (C=N–C) groups is 1. The second-order valence-corrected chi connectivity index (χ2v) is 13.1. The summed E-state index contributed by atoms with van der Waals surface area (Å²) in [6.45, 7) is 6.29. The van der Waals surface area contributed by atoms with E-state index in [0.29, 0.717) is 34.9 Å². The standard InChI is InChI=1S/C35H42ClFN6O/c1-22(2)6-3-7-23-18-28(33(37)29(36)19-23)31-20-25-21-43(35(44)42-34(25)41-31)27-13-11-24(12-14-27)30-9-4-8-26(40-30)15-17-39-32-10-5-16-38-32/h11-14,18-22,26,30,40H,3-10,15-17H2,1-2H3,(H,38,39)(H,41,42,44)/t26-,30-/m0/s1. The van der Waals surface area contributed by atoms with Crippen molar-refractivity contribution in [3.63, 3.8) is 0 Å².